The van der Waals surface area contributed by atoms with E-state index in [9.17, 15) is 0 Å². The Morgan fingerprint density at radius 1 is 1.25 bits per heavy atom. The molecule has 0 saturated heterocycles. The van der Waals surface area contributed by atoms with Crippen molar-refractivity contribution in [1.29, 1.82) is 0 Å². The first kappa shape index (κ1) is 20.2. The summed E-state index contributed by atoms with van der Waals surface area (Å²) in [6.45, 7) is 6.37. The topological polar surface area (TPSA) is 84.6 Å². The van der Waals surface area contributed by atoms with Crippen LogP contribution in [-0.4, -0.2) is 35.8 Å². The molecule has 2 rings (SSSR count). The second-order valence-corrected chi connectivity index (χ2v) is 4.87. The molecule has 0 spiro atoms. The number of guanidine groups is 1. The van der Waals surface area contributed by atoms with E-state index in [1.165, 1.54) is 0 Å². The minimum absolute atomic E-state index is 0. The number of benzene rings is 1. The molecule has 0 atom stereocenters. The maximum atomic E-state index is 5.65. The number of aromatic nitrogens is 2. The predicted molar refractivity (Wildman–Crippen MR) is 104 cm³/mol. The maximum Gasteiger partial charge on any atom is 0.223 e. The highest BCUT2D eigenvalue weighted by molar-refractivity contribution is 14.0. The Labute approximate surface area is 159 Å². The fraction of sp³-hybridized carbons (Fsp3) is 0.438. The average molecular weight is 445 g/mol. The van der Waals surface area contributed by atoms with E-state index in [2.05, 4.69) is 25.8 Å². The molecule has 0 aliphatic heterocycles. The van der Waals surface area contributed by atoms with Crippen molar-refractivity contribution >= 4 is 29.9 Å². The SMILES string of the molecule is CCNC(=NCc1noc(C)n1)NCCCOc1ccccc1.I. The Balaban J connectivity index is 0.00000288. The van der Waals surface area contributed by atoms with Crippen LogP contribution in [0, 0.1) is 6.92 Å². The highest BCUT2D eigenvalue weighted by atomic mass is 127. The van der Waals surface area contributed by atoms with Crippen molar-refractivity contribution in [2.45, 2.75) is 26.8 Å². The van der Waals surface area contributed by atoms with Gasteiger partial charge in [0.25, 0.3) is 0 Å². The first-order valence-electron chi connectivity index (χ1n) is 7.77. The predicted octanol–water partition coefficient (Wildman–Crippen LogP) is 2.52. The number of nitrogens with zero attached hydrogens (tertiary/aromatic N) is 3. The molecule has 132 valence electrons. The molecule has 0 bridgehead atoms. The Bertz CT molecular complexity index is 604. The van der Waals surface area contributed by atoms with Crippen LogP contribution in [0.5, 0.6) is 5.75 Å². The largest absolute Gasteiger partial charge is 0.494 e. The van der Waals surface area contributed by atoms with Crippen molar-refractivity contribution < 1.29 is 9.26 Å². The molecule has 0 radical (unpaired) electrons. The summed E-state index contributed by atoms with van der Waals surface area (Å²) in [5.41, 5.74) is 0. The summed E-state index contributed by atoms with van der Waals surface area (Å²) in [6, 6.07) is 9.79. The molecule has 2 aromatic rings. The van der Waals surface area contributed by atoms with Crippen molar-refractivity contribution in [2.24, 2.45) is 4.99 Å². The van der Waals surface area contributed by atoms with Crippen LogP contribution in [0.1, 0.15) is 25.1 Å². The van der Waals surface area contributed by atoms with Gasteiger partial charge >= 0.3 is 0 Å². The van der Waals surface area contributed by atoms with Gasteiger partial charge in [0.15, 0.2) is 11.8 Å². The van der Waals surface area contributed by atoms with Crippen LogP contribution < -0.4 is 15.4 Å². The van der Waals surface area contributed by atoms with Gasteiger partial charge in [0.2, 0.25) is 5.89 Å². The van der Waals surface area contributed by atoms with Crippen molar-refractivity contribution in [3.63, 3.8) is 0 Å². The van der Waals surface area contributed by atoms with E-state index in [0.29, 0.717) is 24.9 Å². The molecule has 24 heavy (non-hydrogen) atoms. The Morgan fingerprint density at radius 2 is 2.04 bits per heavy atom. The van der Waals surface area contributed by atoms with Gasteiger partial charge < -0.3 is 19.9 Å². The smallest absolute Gasteiger partial charge is 0.223 e. The number of ether oxygens (including phenoxy) is 1. The Hall–Kier alpha value is -1.84. The molecule has 0 saturated carbocycles. The third-order valence-electron chi connectivity index (χ3n) is 2.92. The Kier molecular flexibility index (Phi) is 9.81. The van der Waals surface area contributed by atoms with E-state index in [-0.39, 0.29) is 24.0 Å². The zero-order valence-electron chi connectivity index (χ0n) is 14.0. The van der Waals surface area contributed by atoms with Crippen LogP contribution in [0.2, 0.25) is 0 Å². The van der Waals surface area contributed by atoms with Gasteiger partial charge in [0.05, 0.1) is 6.61 Å². The van der Waals surface area contributed by atoms with Gasteiger partial charge in [0.1, 0.15) is 12.3 Å². The molecule has 2 N–H and O–H groups in total. The maximum absolute atomic E-state index is 5.65. The number of hydrogen-bond donors (Lipinski definition) is 2. The second-order valence-electron chi connectivity index (χ2n) is 4.87. The third kappa shape index (κ3) is 7.62. The number of hydrogen-bond acceptors (Lipinski definition) is 5. The summed E-state index contributed by atoms with van der Waals surface area (Å²) in [5.74, 6) is 2.74. The van der Waals surface area contributed by atoms with Crippen LogP contribution in [0.15, 0.2) is 39.8 Å². The molecule has 1 heterocycles. The number of rotatable bonds is 8. The number of aryl methyl sites for hydroxylation is 1. The molecule has 7 nitrogen and oxygen atoms in total. The lowest BCUT2D eigenvalue weighted by Crippen LogP contribution is -2.38. The van der Waals surface area contributed by atoms with Crippen LogP contribution in [0.4, 0.5) is 0 Å². The molecule has 0 fully saturated rings. The zero-order valence-corrected chi connectivity index (χ0v) is 16.3. The Morgan fingerprint density at radius 3 is 2.71 bits per heavy atom. The minimum Gasteiger partial charge on any atom is -0.494 e. The molecular formula is C16H24IN5O2. The molecule has 0 unspecified atom stereocenters. The minimum atomic E-state index is 0. The summed E-state index contributed by atoms with van der Waals surface area (Å²) >= 11 is 0. The van der Waals surface area contributed by atoms with E-state index < -0.39 is 0 Å². The number of nitrogens with one attached hydrogen (secondary N) is 2. The molecule has 0 aliphatic rings. The molecule has 1 aromatic heterocycles. The summed E-state index contributed by atoms with van der Waals surface area (Å²) in [7, 11) is 0. The fourth-order valence-corrected chi connectivity index (χ4v) is 1.88. The van der Waals surface area contributed by atoms with E-state index >= 15 is 0 Å². The lowest BCUT2D eigenvalue weighted by Gasteiger charge is -2.11. The van der Waals surface area contributed by atoms with Gasteiger partial charge in [-0.3, -0.25) is 0 Å². The normalized spacial score (nSPS) is 10.8. The van der Waals surface area contributed by atoms with Crippen molar-refractivity contribution in [2.75, 3.05) is 19.7 Å². The average Bonchev–Trinajstić information content (AvgIpc) is 2.98. The van der Waals surface area contributed by atoms with E-state index in [4.69, 9.17) is 9.26 Å². The highest BCUT2D eigenvalue weighted by Gasteiger charge is 2.02. The molecule has 0 amide bonds. The fourth-order valence-electron chi connectivity index (χ4n) is 1.88. The number of aliphatic imine (C=N–C) groups is 1. The van der Waals surface area contributed by atoms with Gasteiger partial charge in [0, 0.05) is 20.0 Å². The van der Waals surface area contributed by atoms with Crippen molar-refractivity contribution in [3.05, 3.63) is 42.0 Å². The molecule has 1 aromatic carbocycles. The lowest BCUT2D eigenvalue weighted by molar-refractivity contribution is 0.311. The summed E-state index contributed by atoms with van der Waals surface area (Å²) in [4.78, 5) is 8.55. The van der Waals surface area contributed by atoms with Gasteiger partial charge in [-0.05, 0) is 25.5 Å². The molecule has 0 aliphatic carbocycles. The summed E-state index contributed by atoms with van der Waals surface area (Å²) in [5, 5.41) is 10.3. The van der Waals surface area contributed by atoms with Gasteiger partial charge in [-0.25, -0.2) is 4.99 Å². The van der Waals surface area contributed by atoms with E-state index in [1.54, 1.807) is 6.92 Å². The van der Waals surface area contributed by atoms with Crippen LogP contribution >= 0.6 is 24.0 Å². The second kappa shape index (κ2) is 11.7. The van der Waals surface area contributed by atoms with Gasteiger partial charge in [-0.2, -0.15) is 4.98 Å². The number of para-hydroxylation sites is 1. The quantitative estimate of drug-likeness (QED) is 0.281. The summed E-state index contributed by atoms with van der Waals surface area (Å²) < 4.78 is 10.6. The summed E-state index contributed by atoms with van der Waals surface area (Å²) in [6.07, 6.45) is 0.876. The third-order valence-corrected chi connectivity index (χ3v) is 2.92. The molecule has 8 heteroatoms. The van der Waals surface area contributed by atoms with Gasteiger partial charge in [-0.1, -0.05) is 23.4 Å². The first-order valence-corrected chi connectivity index (χ1v) is 7.77. The van der Waals surface area contributed by atoms with Crippen LogP contribution in [0.3, 0.4) is 0 Å². The highest BCUT2D eigenvalue weighted by Crippen LogP contribution is 2.07. The van der Waals surface area contributed by atoms with Gasteiger partial charge in [-0.15, -0.1) is 24.0 Å². The van der Waals surface area contributed by atoms with Crippen molar-refractivity contribution in [1.82, 2.24) is 20.8 Å². The zero-order chi connectivity index (χ0) is 16.3. The lowest BCUT2D eigenvalue weighted by atomic mass is 10.3. The van der Waals surface area contributed by atoms with Crippen molar-refractivity contribution in [3.8, 4) is 5.75 Å². The van der Waals surface area contributed by atoms with Crippen LogP contribution in [0.25, 0.3) is 0 Å². The van der Waals surface area contributed by atoms with E-state index in [0.717, 1.165) is 31.2 Å². The number of halogens is 1. The standard InChI is InChI=1S/C16H23N5O2.HI/c1-3-17-16(19-12-15-20-13(2)23-21-15)18-10-7-11-22-14-8-5-4-6-9-14;/h4-6,8-9H,3,7,10-12H2,1-2H3,(H2,17,18,19);1H. The molecular weight excluding hydrogens is 421 g/mol. The monoisotopic (exact) mass is 445 g/mol. The van der Waals surface area contributed by atoms with E-state index in [1.807, 2.05) is 37.3 Å². The first-order chi connectivity index (χ1) is 11.3. The van der Waals surface area contributed by atoms with Crippen LogP contribution in [-0.2, 0) is 6.54 Å².